The summed E-state index contributed by atoms with van der Waals surface area (Å²) in [5.74, 6) is 0. The van der Waals surface area contributed by atoms with Crippen LogP contribution in [0.1, 0.15) is 11.3 Å². The molecule has 1 aromatic rings. The molecule has 21 heavy (non-hydrogen) atoms. The minimum absolute atomic E-state index is 0.746. The van der Waals surface area contributed by atoms with Crippen LogP contribution in [0.25, 0.3) is 11.1 Å². The molecule has 0 unspecified atom stereocenters. The average molecular weight is 283 g/mol. The first-order valence-electron chi connectivity index (χ1n) is 6.56. The number of hydrogen-bond donors (Lipinski definition) is 2. The zero-order valence-corrected chi connectivity index (χ0v) is 12.5. The van der Waals surface area contributed by atoms with Crippen molar-refractivity contribution in [1.82, 2.24) is 15.8 Å². The summed E-state index contributed by atoms with van der Waals surface area (Å²) < 4.78 is 5.15. The SMILES string of the molecule is C=C/C=C(\C=C/NC)c1conc1C(/C=C\NC)=C/C=C. The van der Waals surface area contributed by atoms with Gasteiger partial charge < -0.3 is 15.2 Å². The van der Waals surface area contributed by atoms with Gasteiger partial charge in [0.05, 0.1) is 0 Å². The summed E-state index contributed by atoms with van der Waals surface area (Å²) in [6, 6.07) is 0. The number of nitrogens with zero attached hydrogens (tertiary/aromatic N) is 1. The Hall–Kier alpha value is -2.75. The molecule has 1 heterocycles. The van der Waals surface area contributed by atoms with E-state index in [-0.39, 0.29) is 0 Å². The van der Waals surface area contributed by atoms with E-state index in [1.807, 2.05) is 50.8 Å². The van der Waals surface area contributed by atoms with Gasteiger partial charge in [-0.25, -0.2) is 0 Å². The zero-order valence-electron chi connectivity index (χ0n) is 12.5. The summed E-state index contributed by atoms with van der Waals surface area (Å²) in [7, 11) is 3.68. The number of hydrogen-bond acceptors (Lipinski definition) is 4. The van der Waals surface area contributed by atoms with Crippen LogP contribution in [0.2, 0.25) is 0 Å². The Morgan fingerprint density at radius 3 is 2.19 bits per heavy atom. The van der Waals surface area contributed by atoms with Crippen molar-refractivity contribution < 1.29 is 4.52 Å². The molecule has 1 aromatic heterocycles. The molecule has 0 aliphatic carbocycles. The molecule has 0 atom stereocenters. The minimum Gasteiger partial charge on any atom is -0.394 e. The van der Waals surface area contributed by atoms with Gasteiger partial charge in [0.25, 0.3) is 0 Å². The van der Waals surface area contributed by atoms with Crippen molar-refractivity contribution in [2.45, 2.75) is 0 Å². The predicted octanol–water partition coefficient (Wildman–Crippen LogP) is 3.28. The van der Waals surface area contributed by atoms with E-state index in [0.29, 0.717) is 0 Å². The third-order valence-electron chi connectivity index (χ3n) is 2.61. The van der Waals surface area contributed by atoms with E-state index in [1.165, 1.54) is 0 Å². The second-order valence-corrected chi connectivity index (χ2v) is 4.04. The van der Waals surface area contributed by atoms with Gasteiger partial charge in [-0.05, 0) is 30.1 Å². The van der Waals surface area contributed by atoms with Crippen molar-refractivity contribution in [1.29, 1.82) is 0 Å². The molecule has 0 saturated heterocycles. The van der Waals surface area contributed by atoms with Crippen molar-refractivity contribution >= 4 is 11.1 Å². The largest absolute Gasteiger partial charge is 0.394 e. The lowest BCUT2D eigenvalue weighted by Gasteiger charge is -2.03. The van der Waals surface area contributed by atoms with Crippen LogP contribution >= 0.6 is 0 Å². The van der Waals surface area contributed by atoms with Crippen LogP contribution in [0, 0.1) is 0 Å². The van der Waals surface area contributed by atoms with Crippen molar-refractivity contribution in [3.05, 3.63) is 79.5 Å². The van der Waals surface area contributed by atoms with Crippen molar-refractivity contribution in [2.24, 2.45) is 0 Å². The molecule has 0 aliphatic rings. The summed E-state index contributed by atoms with van der Waals surface area (Å²) in [6.07, 6.45) is 16.4. The van der Waals surface area contributed by atoms with Gasteiger partial charge >= 0.3 is 0 Å². The number of rotatable bonds is 8. The molecule has 110 valence electrons. The molecule has 0 saturated carbocycles. The Kier molecular flexibility index (Phi) is 7.14. The summed E-state index contributed by atoms with van der Waals surface area (Å²) in [5.41, 5.74) is 3.48. The fourth-order valence-corrected chi connectivity index (χ4v) is 1.70. The third kappa shape index (κ3) is 4.69. The molecule has 0 radical (unpaired) electrons. The molecule has 2 N–H and O–H groups in total. The van der Waals surface area contributed by atoms with Crippen LogP contribution in [-0.2, 0) is 0 Å². The van der Waals surface area contributed by atoms with Gasteiger partial charge in [0.2, 0.25) is 0 Å². The topological polar surface area (TPSA) is 50.1 Å². The molecular weight excluding hydrogens is 262 g/mol. The van der Waals surface area contributed by atoms with Crippen molar-refractivity contribution in [3.8, 4) is 0 Å². The van der Waals surface area contributed by atoms with Gasteiger partial charge in [-0.1, -0.05) is 42.6 Å². The van der Waals surface area contributed by atoms with Gasteiger partial charge in [-0.15, -0.1) is 0 Å². The zero-order chi connectivity index (χ0) is 15.5. The Morgan fingerprint density at radius 1 is 1.05 bits per heavy atom. The average Bonchev–Trinajstić information content (AvgIpc) is 2.97. The molecule has 4 nitrogen and oxygen atoms in total. The van der Waals surface area contributed by atoms with Crippen molar-refractivity contribution in [2.75, 3.05) is 14.1 Å². The monoisotopic (exact) mass is 283 g/mol. The molecule has 0 spiro atoms. The smallest absolute Gasteiger partial charge is 0.132 e. The lowest BCUT2D eigenvalue weighted by atomic mass is 10.0. The maximum atomic E-state index is 5.15. The van der Waals surface area contributed by atoms with Gasteiger partial charge in [0, 0.05) is 25.2 Å². The molecule has 4 heteroatoms. The molecule has 1 rings (SSSR count). The van der Waals surface area contributed by atoms with Crippen LogP contribution in [0.5, 0.6) is 0 Å². The van der Waals surface area contributed by atoms with Crippen molar-refractivity contribution in [3.63, 3.8) is 0 Å². The van der Waals surface area contributed by atoms with E-state index in [1.54, 1.807) is 18.4 Å². The van der Waals surface area contributed by atoms with Crippen LogP contribution < -0.4 is 10.6 Å². The Balaban J connectivity index is 3.31. The minimum atomic E-state index is 0.746. The highest BCUT2D eigenvalue weighted by atomic mass is 16.5. The van der Waals surface area contributed by atoms with Gasteiger partial charge in [-0.3, -0.25) is 0 Å². The first-order chi connectivity index (χ1) is 10.3. The van der Waals surface area contributed by atoms with E-state index in [4.69, 9.17) is 4.52 Å². The summed E-state index contributed by atoms with van der Waals surface area (Å²) >= 11 is 0. The molecule has 0 aliphatic heterocycles. The second-order valence-electron chi connectivity index (χ2n) is 4.04. The van der Waals surface area contributed by atoms with Crippen LogP contribution in [0.15, 0.2) is 72.8 Å². The predicted molar refractivity (Wildman–Crippen MR) is 89.3 cm³/mol. The molecule has 0 aromatic carbocycles. The summed E-state index contributed by atoms with van der Waals surface area (Å²) in [6.45, 7) is 7.48. The lowest BCUT2D eigenvalue weighted by molar-refractivity contribution is 0.417. The Morgan fingerprint density at radius 2 is 1.62 bits per heavy atom. The normalized spacial score (nSPS) is 12.9. The quantitative estimate of drug-likeness (QED) is 0.719. The Labute approximate surface area is 125 Å². The molecular formula is C17H21N3O. The molecule has 0 fully saturated rings. The van der Waals surface area contributed by atoms with E-state index in [2.05, 4.69) is 28.9 Å². The maximum Gasteiger partial charge on any atom is 0.132 e. The first kappa shape index (κ1) is 16.3. The highest BCUT2D eigenvalue weighted by Crippen LogP contribution is 2.26. The van der Waals surface area contributed by atoms with E-state index in [9.17, 15) is 0 Å². The van der Waals surface area contributed by atoms with E-state index >= 15 is 0 Å². The first-order valence-corrected chi connectivity index (χ1v) is 6.56. The van der Waals surface area contributed by atoms with Crippen LogP contribution in [0.4, 0.5) is 0 Å². The lowest BCUT2D eigenvalue weighted by Crippen LogP contribution is -1.95. The van der Waals surface area contributed by atoms with Crippen LogP contribution in [0.3, 0.4) is 0 Å². The summed E-state index contributed by atoms with van der Waals surface area (Å²) in [4.78, 5) is 0. The fourth-order valence-electron chi connectivity index (χ4n) is 1.70. The van der Waals surface area contributed by atoms with Gasteiger partial charge in [0.15, 0.2) is 0 Å². The Bertz CT molecular complexity index is 538. The standard InChI is InChI=1S/C17H21N3O/c1-5-7-14(9-11-18-3)16-13-21-20-17(16)15(8-6-2)10-12-19-4/h5-13,18-19H,1-2H2,3-4H3/b11-9-,12-10-,14-7+,15-8+. The van der Waals surface area contributed by atoms with E-state index < -0.39 is 0 Å². The second kappa shape index (κ2) is 9.20. The highest BCUT2D eigenvalue weighted by molar-refractivity contribution is 5.85. The van der Waals surface area contributed by atoms with E-state index in [0.717, 1.165) is 22.4 Å². The van der Waals surface area contributed by atoms with Gasteiger partial charge in [0.1, 0.15) is 12.0 Å². The third-order valence-corrected chi connectivity index (χ3v) is 2.61. The molecule has 0 amide bonds. The number of allylic oxidation sites excluding steroid dienone is 8. The molecule has 0 bridgehead atoms. The number of nitrogens with one attached hydrogen (secondary N) is 2. The maximum absolute atomic E-state index is 5.15. The van der Waals surface area contributed by atoms with Crippen LogP contribution in [-0.4, -0.2) is 19.3 Å². The fraction of sp³-hybridized carbons (Fsp3) is 0.118. The highest BCUT2D eigenvalue weighted by Gasteiger charge is 2.13. The van der Waals surface area contributed by atoms with Gasteiger partial charge in [-0.2, -0.15) is 0 Å². The number of aromatic nitrogens is 1. The summed E-state index contributed by atoms with van der Waals surface area (Å²) in [5, 5.41) is 10.0.